The number of sulfonamides is 1. The van der Waals surface area contributed by atoms with Gasteiger partial charge >= 0.3 is 0 Å². The highest BCUT2D eigenvalue weighted by molar-refractivity contribution is 7.92. The van der Waals surface area contributed by atoms with Crippen LogP contribution in [0.2, 0.25) is 10.0 Å². The zero-order valence-electron chi connectivity index (χ0n) is 15.5. The van der Waals surface area contributed by atoms with Gasteiger partial charge in [-0.3, -0.25) is 4.72 Å². The van der Waals surface area contributed by atoms with Crippen LogP contribution in [0, 0.1) is 12.7 Å². The molecule has 0 saturated carbocycles. The summed E-state index contributed by atoms with van der Waals surface area (Å²) in [6.45, 7) is 1.81. The highest BCUT2D eigenvalue weighted by atomic mass is 35.5. The molecule has 0 aliphatic heterocycles. The molecule has 0 heterocycles. The Balaban J connectivity index is 1.77. The Kier molecular flexibility index (Phi) is 6.82. The zero-order valence-corrected chi connectivity index (χ0v) is 18.7. The number of rotatable bonds is 5. The summed E-state index contributed by atoms with van der Waals surface area (Å²) >= 11 is 16.9. The molecule has 3 aromatic carbocycles. The van der Waals surface area contributed by atoms with E-state index in [-0.39, 0.29) is 15.0 Å². The van der Waals surface area contributed by atoms with Crippen LogP contribution in [0.3, 0.4) is 0 Å². The molecule has 0 atom stereocenters. The fourth-order valence-electron chi connectivity index (χ4n) is 2.49. The maximum Gasteiger partial charge on any atom is 0.261 e. The molecular weight excluding hydrogens is 468 g/mol. The lowest BCUT2D eigenvalue weighted by molar-refractivity contribution is 0.601. The minimum absolute atomic E-state index is 0.0413. The smallest absolute Gasteiger partial charge is 0.261 e. The first-order valence-corrected chi connectivity index (χ1v) is 11.2. The molecular formula is C20H16Cl2FN3O2S2. The van der Waals surface area contributed by atoms with Gasteiger partial charge in [0.15, 0.2) is 5.11 Å². The molecule has 0 saturated heterocycles. The Bertz CT molecular complexity index is 1200. The number of aryl methyl sites for hydroxylation is 1. The van der Waals surface area contributed by atoms with Gasteiger partial charge in [-0.25, -0.2) is 12.8 Å². The van der Waals surface area contributed by atoms with E-state index in [2.05, 4.69) is 15.4 Å². The molecule has 3 rings (SSSR count). The van der Waals surface area contributed by atoms with Crippen molar-refractivity contribution in [2.75, 3.05) is 15.4 Å². The molecule has 0 fully saturated rings. The average Bonchev–Trinajstić information content (AvgIpc) is 2.68. The Morgan fingerprint density at radius 1 is 0.933 bits per heavy atom. The minimum Gasteiger partial charge on any atom is -0.332 e. The summed E-state index contributed by atoms with van der Waals surface area (Å²) in [7, 11) is -3.83. The first-order valence-electron chi connectivity index (χ1n) is 8.56. The summed E-state index contributed by atoms with van der Waals surface area (Å²) in [5, 5.41) is 6.49. The Morgan fingerprint density at radius 3 is 2.27 bits per heavy atom. The van der Waals surface area contributed by atoms with Crippen molar-refractivity contribution in [3.8, 4) is 0 Å². The van der Waals surface area contributed by atoms with E-state index in [0.29, 0.717) is 22.1 Å². The fourth-order valence-corrected chi connectivity index (χ4v) is 4.11. The van der Waals surface area contributed by atoms with Crippen LogP contribution in [-0.4, -0.2) is 13.5 Å². The maximum absolute atomic E-state index is 13.3. The van der Waals surface area contributed by atoms with Crippen molar-refractivity contribution >= 4 is 67.6 Å². The van der Waals surface area contributed by atoms with Crippen molar-refractivity contribution in [2.24, 2.45) is 0 Å². The van der Waals surface area contributed by atoms with E-state index in [0.717, 1.165) is 5.56 Å². The maximum atomic E-state index is 13.3. The molecule has 0 aromatic heterocycles. The van der Waals surface area contributed by atoms with Crippen LogP contribution in [0.4, 0.5) is 21.5 Å². The van der Waals surface area contributed by atoms with Crippen LogP contribution in [-0.2, 0) is 10.0 Å². The number of anilines is 3. The van der Waals surface area contributed by atoms with Gasteiger partial charge in [-0.1, -0.05) is 29.3 Å². The SMILES string of the molecule is Cc1ccc(S(=O)(=O)Nc2ccc(Cl)cc2)cc1NC(=S)Nc1ccc(F)c(Cl)c1. The molecule has 30 heavy (non-hydrogen) atoms. The lowest BCUT2D eigenvalue weighted by Crippen LogP contribution is -2.20. The Labute approximate surface area is 189 Å². The highest BCUT2D eigenvalue weighted by Crippen LogP contribution is 2.24. The molecule has 0 aliphatic carbocycles. The predicted molar refractivity (Wildman–Crippen MR) is 125 cm³/mol. The molecule has 3 N–H and O–H groups in total. The van der Waals surface area contributed by atoms with Crippen molar-refractivity contribution in [1.29, 1.82) is 0 Å². The third-order valence-corrected chi connectivity index (χ3v) is 6.17. The Hall–Kier alpha value is -2.39. The van der Waals surface area contributed by atoms with Gasteiger partial charge in [0.2, 0.25) is 0 Å². The van der Waals surface area contributed by atoms with Gasteiger partial charge in [0.25, 0.3) is 10.0 Å². The molecule has 0 bridgehead atoms. The van der Waals surface area contributed by atoms with Crippen molar-refractivity contribution in [3.05, 3.63) is 82.1 Å². The summed E-state index contributed by atoms with van der Waals surface area (Å²) in [5.74, 6) is -0.539. The van der Waals surface area contributed by atoms with Gasteiger partial charge in [0, 0.05) is 22.1 Å². The summed E-state index contributed by atoms with van der Waals surface area (Å²) in [6.07, 6.45) is 0. The molecule has 0 spiro atoms. The van der Waals surface area contributed by atoms with Crippen molar-refractivity contribution in [1.82, 2.24) is 0 Å². The molecule has 0 aliphatic rings. The second-order valence-corrected chi connectivity index (χ2v) is 9.23. The van der Waals surface area contributed by atoms with Crippen LogP contribution in [0.1, 0.15) is 5.56 Å². The third-order valence-electron chi connectivity index (χ3n) is 4.04. The van der Waals surface area contributed by atoms with E-state index in [1.807, 2.05) is 6.92 Å². The molecule has 3 aromatic rings. The molecule has 0 unspecified atom stereocenters. The van der Waals surface area contributed by atoms with Gasteiger partial charge in [-0.15, -0.1) is 0 Å². The number of nitrogens with one attached hydrogen (secondary N) is 3. The topological polar surface area (TPSA) is 70.2 Å². The second kappa shape index (κ2) is 9.18. The number of hydrogen-bond acceptors (Lipinski definition) is 3. The van der Waals surface area contributed by atoms with E-state index in [9.17, 15) is 12.8 Å². The van der Waals surface area contributed by atoms with Crippen LogP contribution < -0.4 is 15.4 Å². The van der Waals surface area contributed by atoms with E-state index < -0.39 is 15.8 Å². The molecule has 0 amide bonds. The molecule has 0 radical (unpaired) electrons. The van der Waals surface area contributed by atoms with Crippen molar-refractivity contribution < 1.29 is 12.8 Å². The molecule has 5 nitrogen and oxygen atoms in total. The molecule has 10 heteroatoms. The van der Waals surface area contributed by atoms with Crippen molar-refractivity contribution in [3.63, 3.8) is 0 Å². The second-order valence-electron chi connectivity index (χ2n) is 6.30. The summed E-state index contributed by atoms with van der Waals surface area (Å²) in [5.41, 5.74) is 2.16. The minimum atomic E-state index is -3.83. The lowest BCUT2D eigenvalue weighted by atomic mass is 10.2. The number of thiocarbonyl (C=S) groups is 1. The predicted octanol–water partition coefficient (Wildman–Crippen LogP) is 6.05. The number of benzene rings is 3. The monoisotopic (exact) mass is 483 g/mol. The highest BCUT2D eigenvalue weighted by Gasteiger charge is 2.16. The third kappa shape index (κ3) is 5.60. The van der Waals surface area contributed by atoms with Gasteiger partial charge in [0.1, 0.15) is 5.82 Å². The fraction of sp³-hybridized carbons (Fsp3) is 0.0500. The van der Waals surface area contributed by atoms with Gasteiger partial charge in [-0.05, 0) is 79.3 Å². The van der Waals surface area contributed by atoms with Crippen molar-refractivity contribution in [2.45, 2.75) is 11.8 Å². The summed E-state index contributed by atoms with van der Waals surface area (Å²) < 4.78 is 41.2. The van der Waals surface area contributed by atoms with E-state index >= 15 is 0 Å². The normalized spacial score (nSPS) is 11.1. The van der Waals surface area contributed by atoms with Crippen LogP contribution in [0.25, 0.3) is 0 Å². The van der Waals surface area contributed by atoms with E-state index in [1.54, 1.807) is 30.3 Å². The van der Waals surface area contributed by atoms with Gasteiger partial charge < -0.3 is 10.6 Å². The largest absolute Gasteiger partial charge is 0.332 e. The standard InChI is InChI=1S/C20H16Cl2FN3O2S2/c1-12-2-8-16(30(27,28)26-14-5-3-13(21)4-6-14)11-19(12)25-20(29)24-15-7-9-18(23)17(22)10-15/h2-11,26H,1H3,(H2,24,25,29). The number of hydrogen-bond donors (Lipinski definition) is 3. The van der Waals surface area contributed by atoms with E-state index in [1.165, 1.54) is 30.3 Å². The summed E-state index contributed by atoms with van der Waals surface area (Å²) in [6, 6.07) is 15.0. The molecule has 156 valence electrons. The first kappa shape index (κ1) is 22.3. The number of halogens is 3. The summed E-state index contributed by atoms with van der Waals surface area (Å²) in [4.78, 5) is 0.0539. The zero-order chi connectivity index (χ0) is 21.9. The quantitative estimate of drug-likeness (QED) is 0.385. The van der Waals surface area contributed by atoms with Crippen LogP contribution in [0.5, 0.6) is 0 Å². The lowest BCUT2D eigenvalue weighted by Gasteiger charge is -2.15. The van der Waals surface area contributed by atoms with Crippen LogP contribution in [0.15, 0.2) is 65.6 Å². The van der Waals surface area contributed by atoms with Gasteiger partial charge in [-0.2, -0.15) is 0 Å². The Morgan fingerprint density at radius 2 is 1.60 bits per heavy atom. The van der Waals surface area contributed by atoms with E-state index in [4.69, 9.17) is 35.4 Å². The average molecular weight is 484 g/mol. The van der Waals surface area contributed by atoms with Gasteiger partial charge in [0.05, 0.1) is 9.92 Å². The van der Waals surface area contributed by atoms with Crippen LogP contribution >= 0.6 is 35.4 Å². The first-order chi connectivity index (χ1) is 14.1.